The summed E-state index contributed by atoms with van der Waals surface area (Å²) in [6, 6.07) is 0.390. The Morgan fingerprint density at radius 2 is 1.91 bits per heavy atom. The van der Waals surface area contributed by atoms with E-state index in [-0.39, 0.29) is 11.9 Å². The van der Waals surface area contributed by atoms with Crippen LogP contribution in [0, 0.1) is 0 Å². The highest BCUT2D eigenvalue weighted by Gasteiger charge is 2.31. The van der Waals surface area contributed by atoms with Crippen molar-refractivity contribution >= 4 is 5.91 Å². The quantitative estimate of drug-likeness (QED) is 0.905. The van der Waals surface area contributed by atoms with Gasteiger partial charge in [0, 0.05) is 37.9 Å². The molecule has 0 radical (unpaired) electrons. The molecule has 1 aromatic heterocycles. The van der Waals surface area contributed by atoms with Gasteiger partial charge in [-0.15, -0.1) is 0 Å². The molecule has 3 rings (SSSR count). The molecule has 0 spiro atoms. The Balaban J connectivity index is 1.56. The van der Waals surface area contributed by atoms with Gasteiger partial charge in [-0.3, -0.25) is 9.48 Å². The molecule has 1 aromatic rings. The Hall–Kier alpha value is -1.40. The van der Waals surface area contributed by atoms with Crippen molar-refractivity contribution < 1.29 is 4.79 Å². The van der Waals surface area contributed by atoms with Crippen LogP contribution in [-0.4, -0.2) is 64.8 Å². The van der Waals surface area contributed by atoms with Crippen molar-refractivity contribution in [1.29, 1.82) is 0 Å². The lowest BCUT2D eigenvalue weighted by Crippen LogP contribution is -2.50. The number of nitrogens with one attached hydrogen (secondary N) is 1. The first-order chi connectivity index (χ1) is 11.2. The van der Waals surface area contributed by atoms with Crippen molar-refractivity contribution in [2.45, 2.75) is 44.2 Å². The SMILES string of the molecule is CNC(C(=O)N1CCC(N2CCCCC2)CC1)c1cnn(C)c1. The zero-order valence-corrected chi connectivity index (χ0v) is 14.4. The number of rotatable bonds is 4. The van der Waals surface area contributed by atoms with E-state index in [1.165, 1.54) is 32.4 Å². The number of piperidine rings is 2. The second kappa shape index (κ2) is 7.45. The third-order valence-electron chi connectivity index (χ3n) is 5.28. The topological polar surface area (TPSA) is 53.4 Å². The van der Waals surface area contributed by atoms with Crippen molar-refractivity contribution in [3.8, 4) is 0 Å². The Kier molecular flexibility index (Phi) is 5.33. The Bertz CT molecular complexity index is 515. The summed E-state index contributed by atoms with van der Waals surface area (Å²) in [5, 5.41) is 7.33. The fourth-order valence-corrected chi connectivity index (χ4v) is 3.94. The molecule has 0 bridgehead atoms. The molecule has 2 aliphatic rings. The van der Waals surface area contributed by atoms with Gasteiger partial charge in [0.25, 0.3) is 0 Å². The van der Waals surface area contributed by atoms with Gasteiger partial charge in [0.2, 0.25) is 5.91 Å². The van der Waals surface area contributed by atoms with Crippen molar-refractivity contribution in [2.75, 3.05) is 33.2 Å². The van der Waals surface area contributed by atoms with Gasteiger partial charge in [0.05, 0.1) is 6.20 Å². The minimum atomic E-state index is -0.282. The van der Waals surface area contributed by atoms with Crippen LogP contribution in [0.5, 0.6) is 0 Å². The van der Waals surface area contributed by atoms with E-state index in [4.69, 9.17) is 0 Å². The minimum Gasteiger partial charge on any atom is -0.341 e. The van der Waals surface area contributed by atoms with E-state index in [0.717, 1.165) is 31.5 Å². The lowest BCUT2D eigenvalue weighted by atomic mass is 9.99. The fourth-order valence-electron chi connectivity index (χ4n) is 3.94. The molecular formula is C17H29N5O. The molecule has 0 aliphatic carbocycles. The summed E-state index contributed by atoms with van der Waals surface area (Å²) in [5.41, 5.74) is 0.943. The van der Waals surface area contributed by atoms with Gasteiger partial charge in [-0.25, -0.2) is 0 Å². The third kappa shape index (κ3) is 3.75. The van der Waals surface area contributed by atoms with Gasteiger partial charge in [-0.05, 0) is 45.8 Å². The maximum Gasteiger partial charge on any atom is 0.244 e. The fraction of sp³-hybridized carbons (Fsp3) is 0.765. The Morgan fingerprint density at radius 1 is 1.22 bits per heavy atom. The number of amides is 1. The van der Waals surface area contributed by atoms with Crippen LogP contribution in [0.3, 0.4) is 0 Å². The Morgan fingerprint density at radius 3 is 2.48 bits per heavy atom. The van der Waals surface area contributed by atoms with Gasteiger partial charge in [-0.2, -0.15) is 5.10 Å². The smallest absolute Gasteiger partial charge is 0.244 e. The summed E-state index contributed by atoms with van der Waals surface area (Å²) in [6.45, 7) is 4.23. The molecule has 0 saturated carbocycles. The molecule has 2 saturated heterocycles. The highest BCUT2D eigenvalue weighted by molar-refractivity contribution is 5.83. The van der Waals surface area contributed by atoms with E-state index in [0.29, 0.717) is 6.04 Å². The minimum absolute atomic E-state index is 0.178. The van der Waals surface area contributed by atoms with E-state index in [1.54, 1.807) is 10.9 Å². The number of likely N-dealkylation sites (tertiary alicyclic amines) is 2. The molecule has 2 fully saturated rings. The number of aromatic nitrogens is 2. The summed E-state index contributed by atoms with van der Waals surface area (Å²) in [5.74, 6) is 0.178. The van der Waals surface area contributed by atoms with Crippen molar-refractivity contribution in [1.82, 2.24) is 24.9 Å². The summed E-state index contributed by atoms with van der Waals surface area (Å²) in [4.78, 5) is 17.5. The van der Waals surface area contributed by atoms with Gasteiger partial charge in [0.15, 0.2) is 0 Å². The molecule has 3 heterocycles. The van der Waals surface area contributed by atoms with Crippen LogP contribution >= 0.6 is 0 Å². The number of aryl methyl sites for hydroxylation is 1. The van der Waals surface area contributed by atoms with E-state index >= 15 is 0 Å². The summed E-state index contributed by atoms with van der Waals surface area (Å²) in [6.07, 6.45) is 9.95. The summed E-state index contributed by atoms with van der Waals surface area (Å²) < 4.78 is 1.75. The van der Waals surface area contributed by atoms with E-state index in [1.807, 2.05) is 25.2 Å². The number of nitrogens with zero attached hydrogens (tertiary/aromatic N) is 4. The predicted molar refractivity (Wildman–Crippen MR) is 90.0 cm³/mol. The van der Waals surface area contributed by atoms with Crippen LogP contribution in [0.4, 0.5) is 0 Å². The van der Waals surface area contributed by atoms with Crippen LogP contribution in [0.15, 0.2) is 12.4 Å². The van der Waals surface area contributed by atoms with Gasteiger partial charge in [0.1, 0.15) is 6.04 Å². The molecular weight excluding hydrogens is 290 g/mol. The Labute approximate surface area is 138 Å². The molecule has 6 nitrogen and oxygen atoms in total. The molecule has 6 heteroatoms. The van der Waals surface area contributed by atoms with Gasteiger partial charge >= 0.3 is 0 Å². The highest BCUT2D eigenvalue weighted by atomic mass is 16.2. The monoisotopic (exact) mass is 319 g/mol. The van der Waals surface area contributed by atoms with Gasteiger partial charge < -0.3 is 15.1 Å². The van der Waals surface area contributed by atoms with Crippen molar-refractivity contribution in [2.24, 2.45) is 7.05 Å². The first kappa shape index (κ1) is 16.5. The average molecular weight is 319 g/mol. The standard InChI is InChI=1S/C17H29N5O/c1-18-16(14-12-19-20(2)13-14)17(23)22-10-6-15(7-11-22)21-8-4-3-5-9-21/h12-13,15-16,18H,3-11H2,1-2H3. The van der Waals surface area contributed by atoms with E-state index in [9.17, 15) is 4.79 Å². The predicted octanol–water partition coefficient (Wildman–Crippen LogP) is 1.16. The largest absolute Gasteiger partial charge is 0.341 e. The summed E-state index contributed by atoms with van der Waals surface area (Å²) >= 11 is 0. The van der Waals surface area contributed by atoms with Crippen molar-refractivity contribution in [3.05, 3.63) is 18.0 Å². The molecule has 1 amide bonds. The van der Waals surface area contributed by atoms with E-state index in [2.05, 4.69) is 15.3 Å². The third-order valence-corrected chi connectivity index (χ3v) is 5.28. The van der Waals surface area contributed by atoms with Crippen LogP contribution < -0.4 is 5.32 Å². The highest BCUT2D eigenvalue weighted by Crippen LogP contribution is 2.23. The second-order valence-corrected chi connectivity index (χ2v) is 6.82. The van der Waals surface area contributed by atoms with Crippen LogP contribution in [0.1, 0.15) is 43.7 Å². The maximum atomic E-state index is 12.8. The molecule has 1 unspecified atom stereocenters. The lowest BCUT2D eigenvalue weighted by Gasteiger charge is -2.40. The summed E-state index contributed by atoms with van der Waals surface area (Å²) in [7, 11) is 3.72. The average Bonchev–Trinajstić information content (AvgIpc) is 3.02. The lowest BCUT2D eigenvalue weighted by molar-refractivity contribution is -0.135. The second-order valence-electron chi connectivity index (χ2n) is 6.82. The first-order valence-electron chi connectivity index (χ1n) is 8.87. The number of carbonyl (C=O) groups is 1. The molecule has 0 aromatic carbocycles. The van der Waals surface area contributed by atoms with Gasteiger partial charge in [-0.1, -0.05) is 6.42 Å². The number of hydrogen-bond acceptors (Lipinski definition) is 4. The van der Waals surface area contributed by atoms with Crippen LogP contribution in [-0.2, 0) is 11.8 Å². The van der Waals surface area contributed by atoms with E-state index < -0.39 is 0 Å². The maximum absolute atomic E-state index is 12.8. The molecule has 2 aliphatic heterocycles. The van der Waals surface area contributed by atoms with Crippen molar-refractivity contribution in [3.63, 3.8) is 0 Å². The van der Waals surface area contributed by atoms with Crippen LogP contribution in [0.2, 0.25) is 0 Å². The molecule has 1 atom stereocenters. The molecule has 1 N–H and O–H groups in total. The normalized spacial score (nSPS) is 22.3. The number of carbonyl (C=O) groups excluding carboxylic acids is 1. The number of hydrogen-bond donors (Lipinski definition) is 1. The zero-order chi connectivity index (χ0) is 16.2. The van der Waals surface area contributed by atoms with Crippen LogP contribution in [0.25, 0.3) is 0 Å². The molecule has 23 heavy (non-hydrogen) atoms. The first-order valence-corrected chi connectivity index (χ1v) is 8.87. The zero-order valence-electron chi connectivity index (χ0n) is 14.4. The number of likely N-dealkylation sites (N-methyl/N-ethyl adjacent to an activating group) is 1. The molecule has 128 valence electrons.